The molecule has 2 aliphatic carbocycles. The van der Waals surface area contributed by atoms with Gasteiger partial charge >= 0.3 is 17.9 Å². The lowest BCUT2D eigenvalue weighted by molar-refractivity contribution is -0.285. The molecule has 0 radical (unpaired) electrons. The summed E-state index contributed by atoms with van der Waals surface area (Å²) in [6.07, 6.45) is -0.0393. The fraction of sp³-hybridized carbons (Fsp3) is 0.897. The van der Waals surface area contributed by atoms with Gasteiger partial charge < -0.3 is 33.5 Å². The van der Waals surface area contributed by atoms with Crippen LogP contribution in [0.25, 0.3) is 0 Å². The zero-order valence-corrected chi connectivity index (χ0v) is 24.0. The first-order valence-electron chi connectivity index (χ1n) is 14.5. The standard InChI is InChI=1S/C29H44O10/c1-7-15(2)25(33)39-24-20(32)12-21-27(6,22-11-19-8-9-34-26(19)38-22)16(3)10-23(37-18(5)31)28(21,13-35-17(4)30)29(24)14-36-29/h15-16,19-24,26,32H,7-14H2,1-6H3/t15?,16-,19-,20-,21-,22+,23+,24+,26+,27+,28+,29-/m1/s1. The Balaban J connectivity index is 1.62. The highest BCUT2D eigenvalue weighted by atomic mass is 16.7. The Hall–Kier alpha value is -1.75. The summed E-state index contributed by atoms with van der Waals surface area (Å²) in [6.45, 7) is 11.5. The molecule has 39 heavy (non-hydrogen) atoms. The number of rotatable bonds is 7. The lowest BCUT2D eigenvalue weighted by Crippen LogP contribution is -2.74. The van der Waals surface area contributed by atoms with E-state index in [4.69, 9.17) is 28.4 Å². The van der Waals surface area contributed by atoms with Crippen LogP contribution in [0.2, 0.25) is 0 Å². The van der Waals surface area contributed by atoms with Crippen molar-refractivity contribution in [3.8, 4) is 0 Å². The van der Waals surface area contributed by atoms with Gasteiger partial charge in [0.15, 0.2) is 12.4 Å². The van der Waals surface area contributed by atoms with Crippen LogP contribution in [0.1, 0.15) is 73.6 Å². The highest BCUT2D eigenvalue weighted by Gasteiger charge is 2.81. The number of carbonyl (C=O) groups excluding carboxylic acids is 3. The molecule has 3 saturated heterocycles. The van der Waals surface area contributed by atoms with Gasteiger partial charge in [0, 0.05) is 25.2 Å². The lowest BCUT2D eigenvalue weighted by atomic mass is 9.41. The average molecular weight is 553 g/mol. The molecule has 0 bridgehead atoms. The van der Waals surface area contributed by atoms with Crippen molar-refractivity contribution in [2.75, 3.05) is 19.8 Å². The maximum atomic E-state index is 13.0. The third kappa shape index (κ3) is 4.41. The van der Waals surface area contributed by atoms with E-state index in [0.717, 1.165) is 12.8 Å². The third-order valence-corrected chi connectivity index (χ3v) is 10.9. The molecule has 5 rings (SSSR count). The van der Waals surface area contributed by atoms with E-state index in [1.165, 1.54) is 13.8 Å². The van der Waals surface area contributed by atoms with Crippen molar-refractivity contribution in [2.24, 2.45) is 34.5 Å². The molecule has 12 atom stereocenters. The SMILES string of the molecule is CCC(C)C(=O)O[C@H]1[C@H](O)C[C@@H]2[C@@](C)([C@@H]3C[C@H]4CCO[C@H]4O3)[C@H](C)C[C@H](OC(C)=O)[C@@]2(COC(C)=O)[C@@]12CO2. The highest BCUT2D eigenvalue weighted by Crippen LogP contribution is 2.70. The molecule has 10 heteroatoms. The van der Waals surface area contributed by atoms with Crippen molar-refractivity contribution in [2.45, 2.75) is 110 Å². The summed E-state index contributed by atoms with van der Waals surface area (Å²) < 4.78 is 36.4. The topological polar surface area (TPSA) is 130 Å². The van der Waals surface area contributed by atoms with Crippen LogP contribution in [0.4, 0.5) is 0 Å². The number of hydrogen-bond donors (Lipinski definition) is 1. The first kappa shape index (κ1) is 28.8. The molecule has 0 aromatic carbocycles. The minimum absolute atomic E-state index is 0.0309. The molecule has 220 valence electrons. The quantitative estimate of drug-likeness (QED) is 0.286. The molecule has 0 aromatic rings. The van der Waals surface area contributed by atoms with Gasteiger partial charge in [-0.2, -0.15) is 0 Å². The maximum absolute atomic E-state index is 13.0. The second kappa shape index (κ2) is 10.3. The first-order chi connectivity index (χ1) is 18.4. The van der Waals surface area contributed by atoms with Crippen molar-refractivity contribution >= 4 is 17.9 Å². The Labute approximate surface area is 230 Å². The van der Waals surface area contributed by atoms with Crippen molar-refractivity contribution in [1.82, 2.24) is 0 Å². The third-order valence-electron chi connectivity index (χ3n) is 10.9. The van der Waals surface area contributed by atoms with Crippen molar-refractivity contribution < 1.29 is 47.9 Å². The van der Waals surface area contributed by atoms with E-state index in [0.29, 0.717) is 25.4 Å². The number of ether oxygens (including phenoxy) is 6. The van der Waals surface area contributed by atoms with E-state index in [-0.39, 0.29) is 49.8 Å². The molecule has 1 unspecified atom stereocenters. The van der Waals surface area contributed by atoms with E-state index < -0.39 is 52.7 Å². The van der Waals surface area contributed by atoms with Gasteiger partial charge in [0.05, 0.1) is 36.8 Å². The molecular formula is C29H44O10. The van der Waals surface area contributed by atoms with E-state index in [2.05, 4.69) is 13.8 Å². The number of aliphatic hydroxyl groups is 1. The van der Waals surface area contributed by atoms with Crippen molar-refractivity contribution in [3.63, 3.8) is 0 Å². The second-order valence-corrected chi connectivity index (χ2v) is 12.8. The Kier molecular flexibility index (Phi) is 7.57. The monoisotopic (exact) mass is 552 g/mol. The molecule has 5 fully saturated rings. The molecule has 2 saturated carbocycles. The zero-order valence-electron chi connectivity index (χ0n) is 24.0. The Bertz CT molecular complexity index is 967. The van der Waals surface area contributed by atoms with Crippen LogP contribution < -0.4 is 0 Å². The summed E-state index contributed by atoms with van der Waals surface area (Å²) in [5, 5.41) is 11.6. The van der Waals surface area contributed by atoms with Crippen molar-refractivity contribution in [3.05, 3.63) is 0 Å². The molecule has 10 nitrogen and oxygen atoms in total. The largest absolute Gasteiger partial charge is 0.465 e. The summed E-state index contributed by atoms with van der Waals surface area (Å²) in [4.78, 5) is 37.7. The van der Waals surface area contributed by atoms with Crippen LogP contribution in [0, 0.1) is 34.5 Å². The second-order valence-electron chi connectivity index (χ2n) is 12.8. The number of hydrogen-bond acceptors (Lipinski definition) is 10. The molecule has 0 amide bonds. The van der Waals surface area contributed by atoms with Gasteiger partial charge in [-0.15, -0.1) is 0 Å². The van der Waals surface area contributed by atoms with E-state index in [1.807, 2.05) is 6.92 Å². The van der Waals surface area contributed by atoms with Gasteiger partial charge in [-0.3, -0.25) is 14.4 Å². The van der Waals surface area contributed by atoms with Gasteiger partial charge in [0.1, 0.15) is 18.3 Å². The predicted molar refractivity (Wildman–Crippen MR) is 136 cm³/mol. The van der Waals surface area contributed by atoms with E-state index >= 15 is 0 Å². The fourth-order valence-electron chi connectivity index (χ4n) is 8.29. The smallest absolute Gasteiger partial charge is 0.309 e. The molecule has 3 aliphatic heterocycles. The van der Waals surface area contributed by atoms with Crippen molar-refractivity contribution in [1.29, 1.82) is 0 Å². The minimum Gasteiger partial charge on any atom is -0.465 e. The summed E-state index contributed by atoms with van der Waals surface area (Å²) >= 11 is 0. The number of carbonyl (C=O) groups is 3. The lowest BCUT2D eigenvalue weighted by Gasteiger charge is -2.65. The Morgan fingerprint density at radius 3 is 2.41 bits per heavy atom. The molecule has 5 aliphatic rings. The average Bonchev–Trinajstić information content (AvgIpc) is 3.36. The molecule has 1 N–H and O–H groups in total. The first-order valence-corrected chi connectivity index (χ1v) is 14.5. The Morgan fingerprint density at radius 1 is 1.10 bits per heavy atom. The maximum Gasteiger partial charge on any atom is 0.309 e. The zero-order chi connectivity index (χ0) is 28.3. The van der Waals surface area contributed by atoms with Crippen LogP contribution >= 0.6 is 0 Å². The number of esters is 3. The predicted octanol–water partition coefficient (Wildman–Crippen LogP) is 2.77. The summed E-state index contributed by atoms with van der Waals surface area (Å²) in [7, 11) is 0. The summed E-state index contributed by atoms with van der Waals surface area (Å²) in [5.41, 5.74) is -2.75. The summed E-state index contributed by atoms with van der Waals surface area (Å²) in [5.74, 6) is -1.70. The van der Waals surface area contributed by atoms with Crippen LogP contribution in [-0.2, 0) is 42.8 Å². The number of fused-ring (bicyclic) bond motifs is 3. The van der Waals surface area contributed by atoms with Crippen LogP contribution in [0.3, 0.4) is 0 Å². The molecule has 1 spiro atoms. The van der Waals surface area contributed by atoms with E-state index in [9.17, 15) is 19.5 Å². The number of epoxide rings is 1. The van der Waals surface area contributed by atoms with Gasteiger partial charge in [0.25, 0.3) is 0 Å². The van der Waals surface area contributed by atoms with Gasteiger partial charge in [0.2, 0.25) is 0 Å². The minimum atomic E-state index is -1.18. The highest BCUT2D eigenvalue weighted by molar-refractivity contribution is 5.72. The van der Waals surface area contributed by atoms with Crippen LogP contribution in [0.15, 0.2) is 0 Å². The Morgan fingerprint density at radius 2 is 1.82 bits per heavy atom. The van der Waals surface area contributed by atoms with E-state index in [1.54, 1.807) is 6.92 Å². The molecule has 0 aromatic heterocycles. The van der Waals surface area contributed by atoms with Gasteiger partial charge in [-0.25, -0.2) is 0 Å². The number of aliphatic hydroxyl groups excluding tert-OH is 1. The van der Waals surface area contributed by atoms with Gasteiger partial charge in [-0.05, 0) is 43.9 Å². The van der Waals surface area contributed by atoms with Crippen LogP contribution in [0.5, 0.6) is 0 Å². The molecule has 3 heterocycles. The molecular weight excluding hydrogens is 508 g/mol. The van der Waals surface area contributed by atoms with Gasteiger partial charge in [-0.1, -0.05) is 27.7 Å². The normalized spacial score (nSPS) is 47.2. The fourth-order valence-corrected chi connectivity index (χ4v) is 8.29. The van der Waals surface area contributed by atoms with Crippen LogP contribution in [-0.4, -0.2) is 79.1 Å². The summed E-state index contributed by atoms with van der Waals surface area (Å²) in [6, 6.07) is 0.